The fourth-order valence-electron chi connectivity index (χ4n) is 2.56. The first-order valence-corrected chi connectivity index (χ1v) is 6.45. The van der Waals surface area contributed by atoms with Crippen molar-refractivity contribution in [1.82, 2.24) is 5.43 Å². The first kappa shape index (κ1) is 13.8. The Bertz CT molecular complexity index is 394. The van der Waals surface area contributed by atoms with E-state index in [-0.39, 0.29) is 11.6 Å². The van der Waals surface area contributed by atoms with Crippen LogP contribution < -0.4 is 11.3 Å². The van der Waals surface area contributed by atoms with Crippen LogP contribution in [0.15, 0.2) is 24.3 Å². The highest BCUT2D eigenvalue weighted by molar-refractivity contribution is 6.31. The number of methoxy groups -OCH3 is 1. The molecule has 100 valence electrons. The standard InChI is InChI=1S/C13H19ClN2O2/c1-17-13(6-8-18-9-7-13)12(16-15)10-4-2-3-5-11(10)14/h2-5,12,16H,6-9,15H2,1H3. The molecule has 0 amide bonds. The predicted octanol–water partition coefficient (Wildman–Crippen LogP) is 2.04. The molecule has 0 saturated carbocycles. The quantitative estimate of drug-likeness (QED) is 0.649. The van der Waals surface area contributed by atoms with Crippen LogP contribution in [0.4, 0.5) is 0 Å². The Kier molecular flexibility index (Phi) is 4.59. The van der Waals surface area contributed by atoms with E-state index in [1.165, 1.54) is 0 Å². The van der Waals surface area contributed by atoms with E-state index < -0.39 is 0 Å². The lowest BCUT2D eigenvalue weighted by Crippen LogP contribution is -2.51. The van der Waals surface area contributed by atoms with Crippen LogP contribution in [0.2, 0.25) is 5.02 Å². The van der Waals surface area contributed by atoms with Gasteiger partial charge in [0, 0.05) is 38.2 Å². The number of hydrogen-bond acceptors (Lipinski definition) is 4. The lowest BCUT2D eigenvalue weighted by atomic mass is 9.82. The smallest absolute Gasteiger partial charge is 0.0929 e. The lowest BCUT2D eigenvalue weighted by Gasteiger charge is -2.42. The molecule has 1 atom stereocenters. The second kappa shape index (κ2) is 5.99. The van der Waals surface area contributed by atoms with Crippen LogP contribution in [0.5, 0.6) is 0 Å². The molecule has 5 heteroatoms. The average molecular weight is 271 g/mol. The molecular weight excluding hydrogens is 252 g/mol. The van der Waals surface area contributed by atoms with Gasteiger partial charge in [-0.3, -0.25) is 11.3 Å². The zero-order valence-electron chi connectivity index (χ0n) is 10.5. The predicted molar refractivity (Wildman–Crippen MR) is 71.3 cm³/mol. The number of benzene rings is 1. The van der Waals surface area contributed by atoms with E-state index in [1.807, 2.05) is 24.3 Å². The van der Waals surface area contributed by atoms with Crippen LogP contribution in [0, 0.1) is 0 Å². The summed E-state index contributed by atoms with van der Waals surface area (Å²) in [6.07, 6.45) is 1.59. The van der Waals surface area contributed by atoms with Crippen molar-refractivity contribution in [2.45, 2.75) is 24.5 Å². The molecule has 0 aliphatic carbocycles. The molecule has 18 heavy (non-hydrogen) atoms. The first-order valence-electron chi connectivity index (χ1n) is 6.07. The van der Waals surface area contributed by atoms with Gasteiger partial charge in [-0.15, -0.1) is 0 Å². The van der Waals surface area contributed by atoms with Crippen molar-refractivity contribution in [2.24, 2.45) is 5.84 Å². The van der Waals surface area contributed by atoms with Crippen molar-refractivity contribution in [2.75, 3.05) is 20.3 Å². The van der Waals surface area contributed by atoms with Crippen molar-refractivity contribution in [1.29, 1.82) is 0 Å². The minimum Gasteiger partial charge on any atom is -0.381 e. The second-order valence-corrected chi connectivity index (χ2v) is 4.91. The highest BCUT2D eigenvalue weighted by Crippen LogP contribution is 2.39. The summed E-state index contributed by atoms with van der Waals surface area (Å²) in [5.41, 5.74) is 3.46. The van der Waals surface area contributed by atoms with E-state index in [1.54, 1.807) is 7.11 Å². The normalized spacial score (nSPS) is 20.6. The maximum atomic E-state index is 6.25. The molecule has 1 heterocycles. The van der Waals surface area contributed by atoms with Gasteiger partial charge in [0.25, 0.3) is 0 Å². The highest BCUT2D eigenvalue weighted by Gasteiger charge is 2.41. The van der Waals surface area contributed by atoms with Gasteiger partial charge < -0.3 is 9.47 Å². The van der Waals surface area contributed by atoms with Crippen LogP contribution in [-0.2, 0) is 9.47 Å². The van der Waals surface area contributed by atoms with Crippen LogP contribution >= 0.6 is 11.6 Å². The number of rotatable bonds is 4. The van der Waals surface area contributed by atoms with Gasteiger partial charge in [-0.2, -0.15) is 0 Å². The van der Waals surface area contributed by atoms with Gasteiger partial charge in [-0.05, 0) is 11.6 Å². The Hall–Kier alpha value is -0.650. The number of hydrazine groups is 1. The van der Waals surface area contributed by atoms with E-state index >= 15 is 0 Å². The summed E-state index contributed by atoms with van der Waals surface area (Å²) in [7, 11) is 1.71. The van der Waals surface area contributed by atoms with Crippen molar-refractivity contribution in [3.63, 3.8) is 0 Å². The fraction of sp³-hybridized carbons (Fsp3) is 0.538. The molecule has 0 spiro atoms. The monoisotopic (exact) mass is 270 g/mol. The summed E-state index contributed by atoms with van der Waals surface area (Å²) in [6, 6.07) is 7.56. The Morgan fingerprint density at radius 3 is 2.61 bits per heavy atom. The lowest BCUT2D eigenvalue weighted by molar-refractivity contribution is -0.111. The van der Waals surface area contributed by atoms with E-state index in [0.717, 1.165) is 18.4 Å². The molecule has 1 aliphatic heterocycles. The molecule has 4 nitrogen and oxygen atoms in total. The Morgan fingerprint density at radius 1 is 1.39 bits per heavy atom. The summed E-state index contributed by atoms with van der Waals surface area (Å²) in [4.78, 5) is 0. The third-order valence-corrected chi connectivity index (χ3v) is 4.00. The largest absolute Gasteiger partial charge is 0.381 e. The maximum Gasteiger partial charge on any atom is 0.0929 e. The molecule has 1 aromatic rings. The second-order valence-electron chi connectivity index (χ2n) is 4.50. The van der Waals surface area contributed by atoms with Crippen molar-refractivity contribution >= 4 is 11.6 Å². The summed E-state index contributed by atoms with van der Waals surface area (Å²) >= 11 is 6.25. The summed E-state index contributed by atoms with van der Waals surface area (Å²) in [6.45, 7) is 1.35. The maximum absolute atomic E-state index is 6.25. The van der Waals surface area contributed by atoms with E-state index in [9.17, 15) is 0 Å². The average Bonchev–Trinajstić information content (AvgIpc) is 2.43. The minimum absolute atomic E-state index is 0.139. The molecule has 0 radical (unpaired) electrons. The number of nitrogens with two attached hydrogens (primary N) is 1. The summed E-state index contributed by atoms with van der Waals surface area (Å²) in [5, 5.41) is 0.698. The molecular formula is C13H19ClN2O2. The Labute approximate surface area is 112 Å². The fourth-order valence-corrected chi connectivity index (χ4v) is 2.81. The SMILES string of the molecule is COC1(C(NN)c2ccccc2Cl)CCOCC1. The van der Waals surface area contributed by atoms with E-state index in [4.69, 9.17) is 26.9 Å². The van der Waals surface area contributed by atoms with Gasteiger partial charge in [0.1, 0.15) is 0 Å². The number of ether oxygens (including phenoxy) is 2. The van der Waals surface area contributed by atoms with Gasteiger partial charge in [-0.25, -0.2) is 0 Å². The molecule has 0 bridgehead atoms. The third-order valence-electron chi connectivity index (χ3n) is 3.65. The van der Waals surface area contributed by atoms with Gasteiger partial charge in [0.05, 0.1) is 11.6 Å². The first-order chi connectivity index (χ1) is 8.73. The zero-order valence-corrected chi connectivity index (χ0v) is 11.2. The number of hydrogen-bond donors (Lipinski definition) is 2. The molecule has 1 aliphatic rings. The molecule has 2 rings (SSSR count). The highest BCUT2D eigenvalue weighted by atomic mass is 35.5. The van der Waals surface area contributed by atoms with Crippen molar-refractivity contribution in [3.8, 4) is 0 Å². The molecule has 1 aromatic carbocycles. The Balaban J connectivity index is 2.34. The zero-order chi connectivity index (χ0) is 13.0. The van der Waals surface area contributed by atoms with E-state index in [0.29, 0.717) is 18.2 Å². The van der Waals surface area contributed by atoms with Crippen LogP contribution in [0.25, 0.3) is 0 Å². The summed E-state index contributed by atoms with van der Waals surface area (Å²) in [5.74, 6) is 5.74. The summed E-state index contributed by atoms with van der Waals surface area (Å²) < 4.78 is 11.2. The Morgan fingerprint density at radius 2 is 2.06 bits per heavy atom. The van der Waals surface area contributed by atoms with Crippen molar-refractivity contribution in [3.05, 3.63) is 34.9 Å². The van der Waals surface area contributed by atoms with Gasteiger partial charge in [0.2, 0.25) is 0 Å². The minimum atomic E-state index is -0.363. The topological polar surface area (TPSA) is 56.5 Å². The number of nitrogens with one attached hydrogen (secondary N) is 1. The molecule has 1 unspecified atom stereocenters. The van der Waals surface area contributed by atoms with E-state index in [2.05, 4.69) is 5.43 Å². The number of halogens is 1. The third kappa shape index (κ3) is 2.53. The van der Waals surface area contributed by atoms with Crippen LogP contribution in [0.3, 0.4) is 0 Å². The van der Waals surface area contributed by atoms with Crippen molar-refractivity contribution < 1.29 is 9.47 Å². The van der Waals surface area contributed by atoms with Gasteiger partial charge in [0.15, 0.2) is 0 Å². The molecule has 1 fully saturated rings. The van der Waals surface area contributed by atoms with Gasteiger partial charge in [-0.1, -0.05) is 29.8 Å². The van der Waals surface area contributed by atoms with Gasteiger partial charge >= 0.3 is 0 Å². The molecule has 1 saturated heterocycles. The molecule has 3 N–H and O–H groups in total. The van der Waals surface area contributed by atoms with Crippen LogP contribution in [0.1, 0.15) is 24.4 Å². The molecule has 0 aromatic heterocycles. The van der Waals surface area contributed by atoms with Crippen LogP contribution in [-0.4, -0.2) is 25.9 Å².